The van der Waals surface area contributed by atoms with Crippen molar-refractivity contribution < 1.29 is 14.2 Å². The van der Waals surface area contributed by atoms with Gasteiger partial charge in [0.05, 0.1) is 19.8 Å². The zero-order valence-corrected chi connectivity index (χ0v) is 17.8. The van der Waals surface area contributed by atoms with Crippen molar-refractivity contribution in [2.45, 2.75) is 12.8 Å². The van der Waals surface area contributed by atoms with Crippen molar-refractivity contribution >= 4 is 5.96 Å². The molecule has 2 aromatic rings. The first-order chi connectivity index (χ1) is 14.9. The molecule has 6 nitrogen and oxygen atoms in total. The Kier molecular flexibility index (Phi) is 9.50. The minimum atomic E-state index is 0.553. The number of nitrogens with zero attached hydrogens (tertiary/aromatic N) is 1. The molecular weight excluding hydrogens is 378 g/mol. The zero-order valence-electron chi connectivity index (χ0n) is 17.8. The van der Waals surface area contributed by atoms with Gasteiger partial charge in [0.15, 0.2) is 5.96 Å². The lowest BCUT2D eigenvalue weighted by molar-refractivity contribution is 0.0888. The van der Waals surface area contributed by atoms with Gasteiger partial charge < -0.3 is 24.8 Å². The summed E-state index contributed by atoms with van der Waals surface area (Å²) in [7, 11) is 1.78. The molecule has 30 heavy (non-hydrogen) atoms. The van der Waals surface area contributed by atoms with Crippen molar-refractivity contribution in [3.05, 3.63) is 54.6 Å². The van der Waals surface area contributed by atoms with Crippen molar-refractivity contribution in [1.82, 2.24) is 10.6 Å². The molecule has 1 aliphatic rings. The van der Waals surface area contributed by atoms with Crippen LogP contribution in [0.25, 0.3) is 11.1 Å². The van der Waals surface area contributed by atoms with E-state index in [1.807, 2.05) is 36.4 Å². The van der Waals surface area contributed by atoms with Crippen LogP contribution < -0.4 is 15.4 Å². The largest absolute Gasteiger partial charge is 0.491 e. The third-order valence-electron chi connectivity index (χ3n) is 4.98. The van der Waals surface area contributed by atoms with Gasteiger partial charge >= 0.3 is 0 Å². The molecule has 2 aromatic carbocycles. The molecule has 2 N–H and O–H groups in total. The number of guanidine groups is 1. The molecule has 0 aromatic heterocycles. The van der Waals surface area contributed by atoms with Gasteiger partial charge in [-0.1, -0.05) is 48.5 Å². The van der Waals surface area contributed by atoms with E-state index in [1.165, 1.54) is 0 Å². The highest BCUT2D eigenvalue weighted by atomic mass is 16.5. The summed E-state index contributed by atoms with van der Waals surface area (Å²) in [4.78, 5) is 4.26. The summed E-state index contributed by atoms with van der Waals surface area (Å²) < 4.78 is 17.1. The molecule has 3 rings (SSSR count). The van der Waals surface area contributed by atoms with Crippen LogP contribution in [0.3, 0.4) is 0 Å². The number of rotatable bonds is 11. The molecule has 0 spiro atoms. The predicted molar refractivity (Wildman–Crippen MR) is 121 cm³/mol. The van der Waals surface area contributed by atoms with Crippen molar-refractivity contribution in [2.24, 2.45) is 10.9 Å². The Morgan fingerprint density at radius 3 is 2.63 bits per heavy atom. The normalized spacial score (nSPS) is 16.4. The van der Waals surface area contributed by atoms with Gasteiger partial charge in [-0.05, 0) is 24.5 Å². The van der Waals surface area contributed by atoms with Crippen LogP contribution in [0.15, 0.2) is 59.6 Å². The maximum absolute atomic E-state index is 6.02. The fraction of sp³-hybridized carbons (Fsp3) is 0.458. The van der Waals surface area contributed by atoms with Crippen LogP contribution >= 0.6 is 0 Å². The van der Waals surface area contributed by atoms with E-state index in [9.17, 15) is 0 Å². The molecule has 0 bridgehead atoms. The summed E-state index contributed by atoms with van der Waals surface area (Å²) in [5, 5.41) is 6.60. The van der Waals surface area contributed by atoms with Crippen LogP contribution in [-0.2, 0) is 9.47 Å². The summed E-state index contributed by atoms with van der Waals surface area (Å²) >= 11 is 0. The Labute approximate surface area is 179 Å². The highest BCUT2D eigenvalue weighted by Gasteiger charge is 2.15. The van der Waals surface area contributed by atoms with Crippen molar-refractivity contribution in [2.75, 3.05) is 53.2 Å². The number of benzene rings is 2. The summed E-state index contributed by atoms with van der Waals surface area (Å²) in [6, 6.07) is 18.4. The molecule has 6 heteroatoms. The second-order valence-electron chi connectivity index (χ2n) is 7.29. The molecule has 1 fully saturated rings. The molecule has 0 radical (unpaired) electrons. The monoisotopic (exact) mass is 411 g/mol. The highest BCUT2D eigenvalue weighted by molar-refractivity contribution is 5.79. The van der Waals surface area contributed by atoms with Crippen LogP contribution in [0.2, 0.25) is 0 Å². The first-order valence-corrected chi connectivity index (χ1v) is 10.7. The maximum Gasteiger partial charge on any atom is 0.191 e. The average Bonchev–Trinajstić information content (AvgIpc) is 3.32. The lowest BCUT2D eigenvalue weighted by atomic mass is 10.1. The average molecular weight is 412 g/mol. The summed E-state index contributed by atoms with van der Waals surface area (Å²) in [6.07, 6.45) is 2.06. The van der Waals surface area contributed by atoms with Gasteiger partial charge in [0.2, 0.25) is 0 Å². The van der Waals surface area contributed by atoms with Crippen LogP contribution in [0.5, 0.6) is 5.75 Å². The number of para-hydroxylation sites is 1. The summed E-state index contributed by atoms with van der Waals surface area (Å²) in [6.45, 7) is 5.30. The van der Waals surface area contributed by atoms with Gasteiger partial charge in [0.25, 0.3) is 0 Å². The molecular formula is C24H33N3O3. The van der Waals surface area contributed by atoms with E-state index in [2.05, 4.69) is 33.8 Å². The number of aliphatic imine (C=N–C) groups is 1. The molecule has 1 saturated heterocycles. The third kappa shape index (κ3) is 7.35. The zero-order chi connectivity index (χ0) is 20.9. The van der Waals surface area contributed by atoms with Crippen LogP contribution in [-0.4, -0.2) is 59.1 Å². The molecule has 0 aliphatic carbocycles. The van der Waals surface area contributed by atoms with Crippen molar-refractivity contribution in [1.29, 1.82) is 0 Å². The first-order valence-electron chi connectivity index (χ1n) is 10.7. The minimum Gasteiger partial charge on any atom is -0.491 e. The van der Waals surface area contributed by atoms with E-state index in [4.69, 9.17) is 14.2 Å². The van der Waals surface area contributed by atoms with Gasteiger partial charge in [-0.15, -0.1) is 0 Å². The molecule has 0 saturated carbocycles. The van der Waals surface area contributed by atoms with E-state index >= 15 is 0 Å². The van der Waals surface area contributed by atoms with Crippen LogP contribution in [0.1, 0.15) is 12.8 Å². The maximum atomic E-state index is 6.02. The summed E-state index contributed by atoms with van der Waals surface area (Å²) in [5.41, 5.74) is 2.26. The SMILES string of the molecule is CN=C(NCCCOCC1CCOC1)NCCOc1ccccc1-c1ccccc1. The van der Waals surface area contributed by atoms with Gasteiger partial charge in [0.1, 0.15) is 12.4 Å². The molecule has 1 heterocycles. The fourth-order valence-electron chi connectivity index (χ4n) is 3.35. The number of hydrogen-bond donors (Lipinski definition) is 2. The molecule has 1 atom stereocenters. The molecule has 1 aliphatic heterocycles. The van der Waals surface area contributed by atoms with E-state index in [1.54, 1.807) is 7.05 Å². The Morgan fingerprint density at radius 1 is 1.03 bits per heavy atom. The van der Waals surface area contributed by atoms with Crippen molar-refractivity contribution in [3.63, 3.8) is 0 Å². The van der Waals surface area contributed by atoms with Gasteiger partial charge in [-0.25, -0.2) is 0 Å². The topological polar surface area (TPSA) is 64.1 Å². The van der Waals surface area contributed by atoms with E-state index in [0.29, 0.717) is 19.1 Å². The predicted octanol–water partition coefficient (Wildman–Crippen LogP) is 3.34. The number of ether oxygens (including phenoxy) is 3. The number of nitrogens with one attached hydrogen (secondary N) is 2. The minimum absolute atomic E-state index is 0.553. The molecule has 0 amide bonds. The molecule has 1 unspecified atom stereocenters. The van der Waals surface area contributed by atoms with E-state index in [0.717, 1.165) is 68.6 Å². The Balaban J connectivity index is 1.31. The van der Waals surface area contributed by atoms with E-state index < -0.39 is 0 Å². The lowest BCUT2D eigenvalue weighted by Crippen LogP contribution is -2.40. The fourth-order valence-corrected chi connectivity index (χ4v) is 3.35. The Bertz CT molecular complexity index is 761. The van der Waals surface area contributed by atoms with Gasteiger partial charge in [-0.2, -0.15) is 0 Å². The number of hydrogen-bond acceptors (Lipinski definition) is 4. The Morgan fingerprint density at radius 2 is 1.83 bits per heavy atom. The third-order valence-corrected chi connectivity index (χ3v) is 4.98. The second kappa shape index (κ2) is 12.9. The highest BCUT2D eigenvalue weighted by Crippen LogP contribution is 2.29. The van der Waals surface area contributed by atoms with Gasteiger partial charge in [0, 0.05) is 38.3 Å². The quantitative estimate of drug-likeness (QED) is 0.337. The van der Waals surface area contributed by atoms with E-state index in [-0.39, 0.29) is 0 Å². The van der Waals surface area contributed by atoms with Crippen LogP contribution in [0.4, 0.5) is 0 Å². The van der Waals surface area contributed by atoms with Crippen LogP contribution in [0, 0.1) is 5.92 Å². The van der Waals surface area contributed by atoms with Crippen molar-refractivity contribution in [3.8, 4) is 16.9 Å². The molecule has 162 valence electrons. The lowest BCUT2D eigenvalue weighted by Gasteiger charge is -2.14. The summed E-state index contributed by atoms with van der Waals surface area (Å²) in [5.74, 6) is 2.23. The first kappa shape index (κ1) is 22.1. The Hall–Kier alpha value is -2.57. The smallest absolute Gasteiger partial charge is 0.191 e. The van der Waals surface area contributed by atoms with Gasteiger partial charge in [-0.3, -0.25) is 4.99 Å². The standard InChI is InChI=1S/C24H33N3O3/c1-25-24(26-13-7-15-28-18-20-12-16-29-19-20)27-14-17-30-23-11-6-5-10-22(23)21-8-3-2-4-9-21/h2-6,8-11,20H,7,12-19H2,1H3,(H2,25,26,27). The second-order valence-corrected chi connectivity index (χ2v) is 7.29.